The Bertz CT molecular complexity index is 1480. The van der Waals surface area contributed by atoms with E-state index in [1.54, 1.807) is 0 Å². The van der Waals surface area contributed by atoms with E-state index in [1.807, 2.05) is 6.08 Å². The summed E-state index contributed by atoms with van der Waals surface area (Å²) in [7, 11) is 0. The molecule has 0 amide bonds. The maximum absolute atomic E-state index is 12.8. The van der Waals surface area contributed by atoms with Gasteiger partial charge >= 0.3 is 17.9 Å². The second kappa shape index (κ2) is 66.1. The van der Waals surface area contributed by atoms with E-state index in [2.05, 4.69) is 99.8 Å². The van der Waals surface area contributed by atoms with E-state index in [-0.39, 0.29) is 37.5 Å². The van der Waals surface area contributed by atoms with Gasteiger partial charge < -0.3 is 14.2 Å². The molecule has 0 fully saturated rings. The predicted molar refractivity (Wildman–Crippen MR) is 339 cm³/mol. The van der Waals surface area contributed by atoms with Crippen LogP contribution in [0.1, 0.15) is 335 Å². The second-order valence-corrected chi connectivity index (χ2v) is 22.4. The zero-order valence-corrected chi connectivity index (χ0v) is 51.7. The van der Waals surface area contributed by atoms with Crippen molar-refractivity contribution in [3.63, 3.8) is 0 Å². The normalized spacial score (nSPS) is 12.6. The molecular formula is C72H126O6. The van der Waals surface area contributed by atoms with Crippen molar-refractivity contribution in [1.82, 2.24) is 0 Å². The van der Waals surface area contributed by atoms with E-state index in [0.717, 1.165) is 77.0 Å². The van der Waals surface area contributed by atoms with Crippen LogP contribution in [0, 0.1) is 0 Å². The first kappa shape index (κ1) is 74.6. The fraction of sp³-hybridized carbons (Fsp3) is 0.764. The molecular weight excluding hydrogens is 961 g/mol. The van der Waals surface area contributed by atoms with Crippen LogP contribution in [0.4, 0.5) is 0 Å². The van der Waals surface area contributed by atoms with Crippen LogP contribution in [0.25, 0.3) is 0 Å². The van der Waals surface area contributed by atoms with Crippen LogP contribution >= 0.6 is 0 Å². The highest BCUT2D eigenvalue weighted by Gasteiger charge is 2.19. The van der Waals surface area contributed by atoms with Crippen LogP contribution in [0.15, 0.2) is 85.1 Å². The van der Waals surface area contributed by atoms with Crippen LogP contribution in [0.2, 0.25) is 0 Å². The Kier molecular flexibility index (Phi) is 63.2. The Morgan fingerprint density at radius 3 is 0.833 bits per heavy atom. The lowest BCUT2D eigenvalue weighted by Crippen LogP contribution is -2.30. The highest BCUT2D eigenvalue weighted by molar-refractivity contribution is 5.71. The predicted octanol–water partition coefficient (Wildman–Crippen LogP) is 23.1. The Balaban J connectivity index is 4.19. The van der Waals surface area contributed by atoms with Gasteiger partial charge in [-0.25, -0.2) is 0 Å². The van der Waals surface area contributed by atoms with Gasteiger partial charge in [0.2, 0.25) is 0 Å². The second-order valence-electron chi connectivity index (χ2n) is 22.4. The average Bonchev–Trinajstić information content (AvgIpc) is 3.44. The molecule has 78 heavy (non-hydrogen) atoms. The lowest BCUT2D eigenvalue weighted by molar-refractivity contribution is -0.166. The molecule has 6 heteroatoms. The van der Waals surface area contributed by atoms with Crippen LogP contribution in [0.5, 0.6) is 0 Å². The molecule has 0 saturated heterocycles. The number of carbonyl (C=O) groups is 3. The molecule has 0 N–H and O–H groups in total. The molecule has 1 atom stereocenters. The van der Waals surface area contributed by atoms with Crippen molar-refractivity contribution < 1.29 is 28.6 Å². The summed E-state index contributed by atoms with van der Waals surface area (Å²) in [4.78, 5) is 38.2. The largest absolute Gasteiger partial charge is 0.462 e. The van der Waals surface area contributed by atoms with Crippen LogP contribution in [-0.2, 0) is 28.6 Å². The first-order valence-corrected chi connectivity index (χ1v) is 33.6. The smallest absolute Gasteiger partial charge is 0.306 e. The molecule has 0 heterocycles. The van der Waals surface area contributed by atoms with Crippen molar-refractivity contribution in [3.8, 4) is 0 Å². The van der Waals surface area contributed by atoms with Crippen molar-refractivity contribution in [1.29, 1.82) is 0 Å². The number of ether oxygens (including phenoxy) is 3. The Labute approximate surface area is 484 Å². The Hall–Kier alpha value is -3.41. The maximum atomic E-state index is 12.8. The number of allylic oxidation sites excluding steroid dienone is 14. The molecule has 0 aliphatic rings. The summed E-state index contributed by atoms with van der Waals surface area (Å²) in [5, 5.41) is 0. The fourth-order valence-corrected chi connectivity index (χ4v) is 9.64. The SMILES string of the molecule is CC/C=C\C/C=C\C/C=C\C/C=C\C/C=C\C/C=C\CCC(=O)OC(COC(=O)CCCCCCCCCCCC)COC(=O)CCCCCCCCCCCCCCCCCCCCC/C=C\CCCCCCCCCC. The van der Waals surface area contributed by atoms with E-state index >= 15 is 0 Å². The van der Waals surface area contributed by atoms with Crippen molar-refractivity contribution in [3.05, 3.63) is 85.1 Å². The molecule has 0 aliphatic carbocycles. The van der Waals surface area contributed by atoms with Gasteiger partial charge in [0.1, 0.15) is 13.2 Å². The lowest BCUT2D eigenvalue weighted by atomic mass is 10.0. The van der Waals surface area contributed by atoms with Gasteiger partial charge in [0.05, 0.1) is 0 Å². The Morgan fingerprint density at radius 2 is 0.526 bits per heavy atom. The monoisotopic (exact) mass is 1090 g/mol. The molecule has 450 valence electrons. The molecule has 6 nitrogen and oxygen atoms in total. The number of hydrogen-bond donors (Lipinski definition) is 0. The zero-order valence-electron chi connectivity index (χ0n) is 51.7. The molecule has 0 saturated carbocycles. The lowest BCUT2D eigenvalue weighted by Gasteiger charge is -2.18. The highest BCUT2D eigenvalue weighted by atomic mass is 16.6. The van der Waals surface area contributed by atoms with Crippen LogP contribution in [-0.4, -0.2) is 37.2 Å². The molecule has 1 unspecified atom stereocenters. The third-order valence-corrected chi connectivity index (χ3v) is 14.6. The van der Waals surface area contributed by atoms with E-state index in [0.29, 0.717) is 19.3 Å². The van der Waals surface area contributed by atoms with E-state index in [9.17, 15) is 14.4 Å². The summed E-state index contributed by atoms with van der Waals surface area (Å²) in [5.41, 5.74) is 0. The summed E-state index contributed by atoms with van der Waals surface area (Å²) in [6.07, 6.45) is 87.8. The van der Waals surface area contributed by atoms with Gasteiger partial charge in [0.15, 0.2) is 6.10 Å². The fourth-order valence-electron chi connectivity index (χ4n) is 9.64. The van der Waals surface area contributed by atoms with Gasteiger partial charge in [-0.15, -0.1) is 0 Å². The summed E-state index contributed by atoms with van der Waals surface area (Å²) in [6, 6.07) is 0. The highest BCUT2D eigenvalue weighted by Crippen LogP contribution is 2.17. The first-order valence-electron chi connectivity index (χ1n) is 33.6. The Morgan fingerprint density at radius 1 is 0.269 bits per heavy atom. The molecule has 0 aliphatic heterocycles. The molecule has 0 aromatic rings. The number of esters is 3. The average molecular weight is 1090 g/mol. The van der Waals surface area contributed by atoms with Gasteiger partial charge in [0, 0.05) is 19.3 Å². The van der Waals surface area contributed by atoms with Gasteiger partial charge in [-0.05, 0) is 83.5 Å². The van der Waals surface area contributed by atoms with Gasteiger partial charge in [-0.1, -0.05) is 318 Å². The van der Waals surface area contributed by atoms with E-state index < -0.39 is 6.10 Å². The van der Waals surface area contributed by atoms with Crippen molar-refractivity contribution in [2.75, 3.05) is 13.2 Å². The minimum absolute atomic E-state index is 0.103. The third-order valence-electron chi connectivity index (χ3n) is 14.6. The molecule has 0 aromatic heterocycles. The number of hydrogen-bond acceptors (Lipinski definition) is 6. The van der Waals surface area contributed by atoms with Crippen LogP contribution in [0.3, 0.4) is 0 Å². The number of unbranched alkanes of at least 4 members (excludes halogenated alkanes) is 36. The van der Waals surface area contributed by atoms with E-state index in [1.165, 1.54) is 212 Å². The molecule has 0 spiro atoms. The van der Waals surface area contributed by atoms with Crippen LogP contribution < -0.4 is 0 Å². The minimum Gasteiger partial charge on any atom is -0.462 e. The minimum atomic E-state index is -0.815. The van der Waals surface area contributed by atoms with E-state index in [4.69, 9.17) is 14.2 Å². The summed E-state index contributed by atoms with van der Waals surface area (Å²) >= 11 is 0. The van der Waals surface area contributed by atoms with Crippen molar-refractivity contribution >= 4 is 17.9 Å². The maximum Gasteiger partial charge on any atom is 0.306 e. The van der Waals surface area contributed by atoms with Gasteiger partial charge in [-0.3, -0.25) is 14.4 Å². The molecule has 0 aromatic carbocycles. The first-order chi connectivity index (χ1) is 38.5. The quantitative estimate of drug-likeness (QED) is 0.0261. The summed E-state index contributed by atoms with van der Waals surface area (Å²) in [6.45, 7) is 6.48. The summed E-state index contributed by atoms with van der Waals surface area (Å²) < 4.78 is 16.8. The molecule has 0 radical (unpaired) electrons. The third kappa shape index (κ3) is 63.4. The summed E-state index contributed by atoms with van der Waals surface area (Å²) in [5.74, 6) is -0.977. The van der Waals surface area contributed by atoms with Gasteiger partial charge in [-0.2, -0.15) is 0 Å². The zero-order chi connectivity index (χ0) is 56.4. The van der Waals surface area contributed by atoms with Gasteiger partial charge in [0.25, 0.3) is 0 Å². The van der Waals surface area contributed by atoms with Crippen molar-refractivity contribution in [2.24, 2.45) is 0 Å². The number of carbonyl (C=O) groups excluding carboxylic acids is 3. The molecule has 0 bridgehead atoms. The molecule has 0 rings (SSSR count). The number of rotatable bonds is 61. The van der Waals surface area contributed by atoms with Crippen molar-refractivity contribution in [2.45, 2.75) is 341 Å². The standard InChI is InChI=1S/C72H126O6/c1-4-7-10-13-16-19-22-24-26-28-30-31-32-33-34-35-36-37-38-39-40-41-43-44-46-48-50-53-56-59-62-65-71(74)77-68-69(67-76-70(73)64-61-58-55-52-21-18-15-12-9-6-3)78-72(75)66-63-60-57-54-51-49-47-45-42-29-27-25-23-20-17-14-11-8-5-2/h8,11,17,20,25,27-28,30,42,45,49,51,57,60,69H,4-7,9-10,12-16,18-19,21-24,26,29,31-41,43-44,46-48,50,52-56,58-59,61-68H2,1-3H3/b11-8-,20-17-,27-25-,30-28-,45-42-,51-49-,60-57-. The topological polar surface area (TPSA) is 78.9 Å².